The number of aldehydes is 1. The number of rotatable bonds is 6. The molecule has 0 aliphatic rings. The van der Waals surface area contributed by atoms with Crippen molar-refractivity contribution in [3.05, 3.63) is 0 Å². The van der Waals surface area contributed by atoms with Gasteiger partial charge in [0.2, 0.25) is 0 Å². The SMILES string of the molecule is C[C@H](O[Si](C)(C)C(C)(C)C)C(=O)CCC=O. The molecule has 0 fully saturated rings. The number of carbonyl (C=O) groups excluding carboxylic acids is 2. The van der Waals surface area contributed by atoms with Crippen LogP contribution in [0.2, 0.25) is 18.1 Å². The van der Waals surface area contributed by atoms with Crippen molar-refractivity contribution in [1.82, 2.24) is 0 Å². The lowest BCUT2D eigenvalue weighted by Gasteiger charge is -2.38. The number of hydrogen-bond acceptors (Lipinski definition) is 3. The van der Waals surface area contributed by atoms with Crippen molar-refractivity contribution >= 4 is 20.4 Å². The summed E-state index contributed by atoms with van der Waals surface area (Å²) >= 11 is 0. The van der Waals surface area contributed by atoms with Crippen LogP contribution >= 0.6 is 0 Å². The topological polar surface area (TPSA) is 43.4 Å². The zero-order chi connectivity index (χ0) is 13.0. The van der Waals surface area contributed by atoms with E-state index in [1.807, 2.05) is 0 Å². The Hall–Kier alpha value is -0.483. The molecule has 0 aromatic rings. The summed E-state index contributed by atoms with van der Waals surface area (Å²) in [7, 11) is -1.88. The third-order valence-corrected chi connectivity index (χ3v) is 7.79. The Labute approximate surface area is 99.7 Å². The van der Waals surface area contributed by atoms with Gasteiger partial charge < -0.3 is 9.22 Å². The van der Waals surface area contributed by atoms with Gasteiger partial charge in [-0.1, -0.05) is 20.8 Å². The van der Waals surface area contributed by atoms with E-state index < -0.39 is 8.32 Å². The minimum Gasteiger partial charge on any atom is -0.407 e. The quantitative estimate of drug-likeness (QED) is 0.533. The average Bonchev–Trinajstić information content (AvgIpc) is 2.11. The van der Waals surface area contributed by atoms with Crippen molar-refractivity contribution in [3.63, 3.8) is 0 Å². The molecule has 0 aromatic heterocycles. The Balaban J connectivity index is 4.38. The molecule has 0 unspecified atom stereocenters. The van der Waals surface area contributed by atoms with E-state index in [0.29, 0.717) is 12.8 Å². The molecule has 0 saturated carbocycles. The summed E-state index contributed by atoms with van der Waals surface area (Å²) in [5, 5.41) is 0.103. The van der Waals surface area contributed by atoms with Gasteiger partial charge in [-0.3, -0.25) is 4.79 Å². The van der Waals surface area contributed by atoms with Gasteiger partial charge in [0.15, 0.2) is 14.1 Å². The summed E-state index contributed by atoms with van der Waals surface area (Å²) in [6.07, 6.45) is 0.973. The summed E-state index contributed by atoms with van der Waals surface area (Å²) in [5.74, 6) is 0.0249. The molecular formula is C12H24O3Si. The van der Waals surface area contributed by atoms with Crippen LogP contribution in [-0.4, -0.2) is 26.5 Å². The summed E-state index contributed by atoms with van der Waals surface area (Å²) < 4.78 is 5.93. The molecule has 0 aromatic carbocycles. The minimum atomic E-state index is -1.88. The van der Waals surface area contributed by atoms with Crippen LogP contribution in [0.1, 0.15) is 40.5 Å². The van der Waals surface area contributed by atoms with Crippen LogP contribution < -0.4 is 0 Å². The largest absolute Gasteiger partial charge is 0.407 e. The maximum atomic E-state index is 11.6. The van der Waals surface area contributed by atoms with Gasteiger partial charge >= 0.3 is 0 Å². The molecule has 1 atom stereocenters. The Morgan fingerprint density at radius 1 is 1.38 bits per heavy atom. The van der Waals surface area contributed by atoms with E-state index in [-0.39, 0.29) is 16.9 Å². The predicted octanol–water partition coefficient (Wildman–Crippen LogP) is 2.94. The molecule has 94 valence electrons. The van der Waals surface area contributed by atoms with Gasteiger partial charge in [-0.15, -0.1) is 0 Å². The van der Waals surface area contributed by atoms with Crippen LogP contribution in [-0.2, 0) is 14.0 Å². The molecule has 0 aliphatic carbocycles. The highest BCUT2D eigenvalue weighted by molar-refractivity contribution is 6.74. The average molecular weight is 244 g/mol. The van der Waals surface area contributed by atoms with Crippen molar-refractivity contribution < 1.29 is 14.0 Å². The van der Waals surface area contributed by atoms with Gasteiger partial charge in [-0.2, -0.15) is 0 Å². The molecule has 4 heteroatoms. The van der Waals surface area contributed by atoms with Crippen LogP contribution in [0.25, 0.3) is 0 Å². The Bertz CT molecular complexity index is 253. The van der Waals surface area contributed by atoms with Crippen molar-refractivity contribution in [1.29, 1.82) is 0 Å². The van der Waals surface area contributed by atoms with Gasteiger partial charge in [-0.05, 0) is 25.1 Å². The second kappa shape index (κ2) is 5.73. The van der Waals surface area contributed by atoms with E-state index in [0.717, 1.165) is 6.29 Å². The smallest absolute Gasteiger partial charge is 0.193 e. The van der Waals surface area contributed by atoms with Gasteiger partial charge in [0.05, 0.1) is 0 Å². The van der Waals surface area contributed by atoms with E-state index in [1.54, 1.807) is 6.92 Å². The lowest BCUT2D eigenvalue weighted by atomic mass is 10.1. The molecule has 0 aliphatic heterocycles. The Morgan fingerprint density at radius 3 is 2.25 bits per heavy atom. The molecule has 0 saturated heterocycles. The molecule has 0 rings (SSSR count). The molecule has 0 bridgehead atoms. The molecule has 0 heterocycles. The molecular weight excluding hydrogens is 220 g/mol. The first kappa shape index (κ1) is 15.5. The highest BCUT2D eigenvalue weighted by atomic mass is 28.4. The van der Waals surface area contributed by atoms with Crippen LogP contribution in [0.3, 0.4) is 0 Å². The molecule has 0 spiro atoms. The lowest BCUT2D eigenvalue weighted by Crippen LogP contribution is -2.45. The number of hydrogen-bond donors (Lipinski definition) is 0. The first-order valence-electron chi connectivity index (χ1n) is 5.76. The van der Waals surface area contributed by atoms with Crippen LogP contribution in [0.15, 0.2) is 0 Å². The summed E-state index contributed by atoms with van der Waals surface area (Å²) in [4.78, 5) is 21.8. The predicted molar refractivity (Wildman–Crippen MR) is 68.0 cm³/mol. The maximum absolute atomic E-state index is 11.6. The van der Waals surface area contributed by atoms with Crippen LogP contribution in [0, 0.1) is 0 Å². The Kier molecular flexibility index (Phi) is 5.56. The fourth-order valence-corrected chi connectivity index (χ4v) is 2.46. The third-order valence-electron chi connectivity index (χ3n) is 3.24. The molecule has 0 radical (unpaired) electrons. The van der Waals surface area contributed by atoms with E-state index in [4.69, 9.17) is 4.43 Å². The van der Waals surface area contributed by atoms with Crippen molar-refractivity contribution in [2.24, 2.45) is 0 Å². The molecule has 0 amide bonds. The zero-order valence-electron chi connectivity index (χ0n) is 11.3. The minimum absolute atomic E-state index is 0.0249. The monoisotopic (exact) mass is 244 g/mol. The molecule has 0 N–H and O–H groups in total. The fourth-order valence-electron chi connectivity index (χ4n) is 1.09. The van der Waals surface area contributed by atoms with Gasteiger partial charge in [0.25, 0.3) is 0 Å². The second-order valence-corrected chi connectivity index (χ2v) is 10.4. The van der Waals surface area contributed by atoms with E-state index in [2.05, 4.69) is 33.9 Å². The summed E-state index contributed by atoms with van der Waals surface area (Å²) in [6, 6.07) is 0. The fraction of sp³-hybridized carbons (Fsp3) is 0.833. The maximum Gasteiger partial charge on any atom is 0.193 e. The van der Waals surface area contributed by atoms with E-state index in [9.17, 15) is 9.59 Å². The van der Waals surface area contributed by atoms with Gasteiger partial charge in [-0.25, -0.2) is 0 Å². The number of Topliss-reactive ketones (excluding diaryl/α,β-unsaturated/α-hetero) is 1. The van der Waals surface area contributed by atoms with Crippen molar-refractivity contribution in [3.8, 4) is 0 Å². The number of carbonyl (C=O) groups is 2. The van der Waals surface area contributed by atoms with Crippen LogP contribution in [0.4, 0.5) is 0 Å². The standard InChI is InChI=1S/C12H24O3Si/c1-10(11(14)8-7-9-13)15-16(5,6)12(2,3)4/h9-10H,7-8H2,1-6H3/t10-/m0/s1. The van der Waals surface area contributed by atoms with Crippen LogP contribution in [0.5, 0.6) is 0 Å². The second-order valence-electron chi connectivity index (χ2n) is 5.69. The summed E-state index contributed by atoms with van der Waals surface area (Å²) in [6.45, 7) is 12.5. The third kappa shape index (κ3) is 4.57. The van der Waals surface area contributed by atoms with Gasteiger partial charge in [0.1, 0.15) is 12.4 Å². The summed E-state index contributed by atoms with van der Waals surface area (Å²) in [5.41, 5.74) is 0. The van der Waals surface area contributed by atoms with E-state index in [1.165, 1.54) is 0 Å². The highest BCUT2D eigenvalue weighted by Gasteiger charge is 2.39. The van der Waals surface area contributed by atoms with Crippen molar-refractivity contribution in [2.45, 2.75) is 64.8 Å². The first-order chi connectivity index (χ1) is 7.12. The highest BCUT2D eigenvalue weighted by Crippen LogP contribution is 2.37. The van der Waals surface area contributed by atoms with Gasteiger partial charge in [0, 0.05) is 12.8 Å². The molecule has 16 heavy (non-hydrogen) atoms. The zero-order valence-corrected chi connectivity index (χ0v) is 12.3. The van der Waals surface area contributed by atoms with Crippen molar-refractivity contribution in [2.75, 3.05) is 0 Å². The first-order valence-corrected chi connectivity index (χ1v) is 8.67. The number of ketones is 1. The lowest BCUT2D eigenvalue weighted by molar-refractivity contribution is -0.126. The van der Waals surface area contributed by atoms with E-state index >= 15 is 0 Å². The molecule has 3 nitrogen and oxygen atoms in total. The normalized spacial score (nSPS) is 14.6. The Morgan fingerprint density at radius 2 is 1.88 bits per heavy atom.